The van der Waals surface area contributed by atoms with Gasteiger partial charge in [-0.2, -0.15) is 5.26 Å². The average molecular weight is 330 g/mol. The molecule has 0 aliphatic carbocycles. The summed E-state index contributed by atoms with van der Waals surface area (Å²) in [5.41, 5.74) is 5.63. The summed E-state index contributed by atoms with van der Waals surface area (Å²) in [6.45, 7) is 3.67. The monoisotopic (exact) mass is 330 g/mol. The van der Waals surface area contributed by atoms with Gasteiger partial charge in [-0.25, -0.2) is 4.79 Å². The molecule has 128 valence electrons. The predicted octanol–water partition coefficient (Wildman–Crippen LogP) is 2.74. The molecule has 0 aliphatic rings. The number of hydrogen-bond acceptors (Lipinski definition) is 6. The van der Waals surface area contributed by atoms with Crippen LogP contribution in [-0.2, 0) is 9.53 Å². The Kier molecular flexibility index (Phi) is 8.06. The lowest BCUT2D eigenvalue weighted by atomic mass is 10.1. The van der Waals surface area contributed by atoms with Crippen LogP contribution in [0.5, 0.6) is 5.75 Å². The van der Waals surface area contributed by atoms with Gasteiger partial charge in [-0.3, -0.25) is 4.79 Å². The zero-order chi connectivity index (χ0) is 17.9. The predicted molar refractivity (Wildman–Crippen MR) is 89.3 cm³/mol. The quantitative estimate of drug-likeness (QED) is 0.323. The van der Waals surface area contributed by atoms with Gasteiger partial charge in [0, 0.05) is 5.70 Å². The van der Waals surface area contributed by atoms with Crippen molar-refractivity contribution < 1.29 is 19.1 Å². The number of ketones is 1. The first kappa shape index (κ1) is 19.2. The third-order valence-corrected chi connectivity index (χ3v) is 3.23. The Labute approximate surface area is 141 Å². The summed E-state index contributed by atoms with van der Waals surface area (Å²) < 4.78 is 10.5. The van der Waals surface area contributed by atoms with Crippen LogP contribution >= 0.6 is 0 Å². The molecular formula is C18H22N2O4. The normalized spacial score (nSPS) is 11.2. The smallest absolute Gasteiger partial charge is 0.338 e. The maximum absolute atomic E-state index is 11.9. The molecule has 0 heterocycles. The fourth-order valence-electron chi connectivity index (χ4n) is 1.89. The Morgan fingerprint density at radius 2 is 1.88 bits per heavy atom. The van der Waals surface area contributed by atoms with Crippen molar-refractivity contribution in [2.45, 2.75) is 33.1 Å². The Hall–Kier alpha value is -2.81. The number of nitriles is 1. The second-order valence-corrected chi connectivity index (χ2v) is 5.25. The molecular weight excluding hydrogens is 308 g/mol. The van der Waals surface area contributed by atoms with Gasteiger partial charge in [0.2, 0.25) is 5.78 Å². The molecule has 24 heavy (non-hydrogen) atoms. The second kappa shape index (κ2) is 10.1. The number of esters is 1. The Balaban J connectivity index is 2.53. The van der Waals surface area contributed by atoms with Crippen LogP contribution < -0.4 is 10.5 Å². The van der Waals surface area contributed by atoms with Gasteiger partial charge in [0.1, 0.15) is 17.4 Å². The topological polar surface area (TPSA) is 102 Å². The van der Waals surface area contributed by atoms with Gasteiger partial charge in [-0.1, -0.05) is 19.8 Å². The van der Waals surface area contributed by atoms with Gasteiger partial charge in [0.25, 0.3) is 0 Å². The van der Waals surface area contributed by atoms with Crippen LogP contribution in [0.3, 0.4) is 0 Å². The van der Waals surface area contributed by atoms with Gasteiger partial charge < -0.3 is 15.2 Å². The molecule has 0 amide bonds. The minimum Gasteiger partial charge on any atom is -0.494 e. The first-order valence-corrected chi connectivity index (χ1v) is 7.79. The number of Topliss-reactive ketones (excluding diaryl/α,β-unsaturated/α-hetero) is 1. The van der Waals surface area contributed by atoms with Gasteiger partial charge in [0.05, 0.1) is 12.2 Å². The summed E-state index contributed by atoms with van der Waals surface area (Å²) in [7, 11) is 0. The minimum absolute atomic E-state index is 0.100. The number of nitrogens with two attached hydrogens (primary N) is 1. The SMILES string of the molecule is CCCCCOc1ccc(C(=O)OCC(=O)/C(C#N)=C(/C)N)cc1. The lowest BCUT2D eigenvalue weighted by molar-refractivity contribution is -0.118. The van der Waals surface area contributed by atoms with E-state index >= 15 is 0 Å². The standard InChI is InChI=1S/C18H22N2O4/c1-3-4-5-10-23-15-8-6-14(7-9-15)18(22)24-12-17(21)16(11-19)13(2)20/h6-9H,3-5,10,12,20H2,1-2H3/b16-13-. The molecule has 0 aliphatic heterocycles. The van der Waals surface area contributed by atoms with Gasteiger partial charge in [0.15, 0.2) is 6.61 Å². The summed E-state index contributed by atoms with van der Waals surface area (Å²) >= 11 is 0. The summed E-state index contributed by atoms with van der Waals surface area (Å²) in [4.78, 5) is 23.6. The van der Waals surface area contributed by atoms with Crippen molar-refractivity contribution in [3.05, 3.63) is 41.1 Å². The summed E-state index contributed by atoms with van der Waals surface area (Å²) in [5.74, 6) is -0.596. The molecule has 1 aromatic rings. The Morgan fingerprint density at radius 3 is 2.42 bits per heavy atom. The number of benzene rings is 1. The molecule has 1 aromatic carbocycles. The van der Waals surface area contributed by atoms with Crippen LogP contribution in [0.1, 0.15) is 43.5 Å². The molecule has 0 spiro atoms. The molecule has 0 saturated carbocycles. The van der Waals surface area contributed by atoms with E-state index in [2.05, 4.69) is 6.92 Å². The molecule has 6 heteroatoms. The molecule has 2 N–H and O–H groups in total. The van der Waals surface area contributed by atoms with Crippen molar-refractivity contribution in [2.24, 2.45) is 5.73 Å². The van der Waals surface area contributed by atoms with Crippen LogP contribution in [0.15, 0.2) is 35.5 Å². The largest absolute Gasteiger partial charge is 0.494 e. The van der Waals surface area contributed by atoms with E-state index in [0.717, 1.165) is 19.3 Å². The zero-order valence-corrected chi connectivity index (χ0v) is 14.0. The molecule has 0 bridgehead atoms. The molecule has 0 aromatic heterocycles. The van der Waals surface area contributed by atoms with Gasteiger partial charge in [-0.15, -0.1) is 0 Å². The highest BCUT2D eigenvalue weighted by atomic mass is 16.5. The third kappa shape index (κ3) is 6.13. The van der Waals surface area contributed by atoms with Crippen LogP contribution in [0, 0.1) is 11.3 Å². The highest BCUT2D eigenvalue weighted by molar-refractivity contribution is 6.02. The average Bonchev–Trinajstić information content (AvgIpc) is 2.57. The number of carbonyl (C=O) groups is 2. The lowest BCUT2D eigenvalue weighted by Crippen LogP contribution is -2.17. The highest BCUT2D eigenvalue weighted by Crippen LogP contribution is 2.14. The zero-order valence-electron chi connectivity index (χ0n) is 14.0. The minimum atomic E-state index is -0.646. The number of allylic oxidation sites excluding steroid dienone is 1. The molecule has 0 radical (unpaired) electrons. The fourth-order valence-corrected chi connectivity index (χ4v) is 1.89. The van der Waals surface area contributed by atoms with E-state index in [9.17, 15) is 9.59 Å². The van der Waals surface area contributed by atoms with E-state index in [1.807, 2.05) is 0 Å². The molecule has 0 atom stereocenters. The Bertz CT molecular complexity index is 638. The lowest BCUT2D eigenvalue weighted by Gasteiger charge is -2.07. The number of rotatable bonds is 9. The third-order valence-electron chi connectivity index (χ3n) is 3.23. The van der Waals surface area contributed by atoms with Crippen molar-refractivity contribution >= 4 is 11.8 Å². The van der Waals surface area contributed by atoms with Crippen molar-refractivity contribution in [3.63, 3.8) is 0 Å². The van der Waals surface area contributed by atoms with Crippen LogP contribution in [0.25, 0.3) is 0 Å². The number of unbranched alkanes of at least 4 members (excludes halogenated alkanes) is 2. The number of nitrogens with zero attached hydrogens (tertiary/aromatic N) is 1. The summed E-state index contributed by atoms with van der Waals surface area (Å²) in [5, 5.41) is 8.82. The van der Waals surface area contributed by atoms with E-state index in [0.29, 0.717) is 17.9 Å². The van der Waals surface area contributed by atoms with E-state index in [1.165, 1.54) is 6.92 Å². The van der Waals surface area contributed by atoms with E-state index < -0.39 is 18.4 Å². The summed E-state index contributed by atoms with van der Waals surface area (Å²) in [6.07, 6.45) is 3.22. The van der Waals surface area contributed by atoms with E-state index in [1.54, 1.807) is 30.3 Å². The first-order valence-electron chi connectivity index (χ1n) is 7.79. The fraction of sp³-hybridized carbons (Fsp3) is 0.389. The van der Waals surface area contributed by atoms with Gasteiger partial charge >= 0.3 is 5.97 Å². The molecule has 0 fully saturated rings. The van der Waals surface area contributed by atoms with Crippen LogP contribution in [0.2, 0.25) is 0 Å². The van der Waals surface area contributed by atoms with Crippen molar-refractivity contribution in [2.75, 3.05) is 13.2 Å². The maximum Gasteiger partial charge on any atom is 0.338 e. The van der Waals surface area contributed by atoms with E-state index in [-0.39, 0.29) is 11.3 Å². The maximum atomic E-state index is 11.9. The molecule has 1 rings (SSSR count). The molecule has 6 nitrogen and oxygen atoms in total. The highest BCUT2D eigenvalue weighted by Gasteiger charge is 2.15. The van der Waals surface area contributed by atoms with Crippen molar-refractivity contribution in [1.29, 1.82) is 5.26 Å². The van der Waals surface area contributed by atoms with Gasteiger partial charge in [-0.05, 0) is 37.6 Å². The van der Waals surface area contributed by atoms with Crippen molar-refractivity contribution in [1.82, 2.24) is 0 Å². The first-order chi connectivity index (χ1) is 11.5. The summed E-state index contributed by atoms with van der Waals surface area (Å²) in [6, 6.07) is 8.18. The van der Waals surface area contributed by atoms with E-state index in [4.69, 9.17) is 20.5 Å². The number of hydrogen-bond donors (Lipinski definition) is 1. The number of carbonyl (C=O) groups excluding carboxylic acids is 2. The van der Waals surface area contributed by atoms with Crippen LogP contribution in [-0.4, -0.2) is 25.0 Å². The Morgan fingerprint density at radius 1 is 1.21 bits per heavy atom. The molecule has 0 saturated heterocycles. The number of ether oxygens (including phenoxy) is 2. The van der Waals surface area contributed by atoms with Crippen molar-refractivity contribution in [3.8, 4) is 11.8 Å². The molecule has 0 unspecified atom stereocenters. The van der Waals surface area contributed by atoms with Crippen LogP contribution in [0.4, 0.5) is 0 Å². The second-order valence-electron chi connectivity index (χ2n) is 5.25.